The number of hydrogen-bond donors (Lipinski definition) is 1. The quantitative estimate of drug-likeness (QED) is 0.0983. The Balaban J connectivity index is 1.59. The lowest BCUT2D eigenvalue weighted by molar-refractivity contribution is -0.137. The number of methoxy groups -OCH3 is 4. The van der Waals surface area contributed by atoms with Crippen molar-refractivity contribution in [3.8, 4) is 34.3 Å². The van der Waals surface area contributed by atoms with E-state index in [0.717, 1.165) is 22.6 Å². The number of anilines is 1. The van der Waals surface area contributed by atoms with Crippen molar-refractivity contribution in [2.75, 3.05) is 39.5 Å². The molecule has 13 heteroatoms. The number of carbonyl (C=O) groups excluding carboxylic acids is 2. The van der Waals surface area contributed by atoms with Crippen LogP contribution in [0.3, 0.4) is 0 Å². The summed E-state index contributed by atoms with van der Waals surface area (Å²) in [7, 11) is 6.07. The number of aryl methyl sites for hydroxylation is 2. The van der Waals surface area contributed by atoms with Crippen molar-refractivity contribution in [1.29, 1.82) is 0 Å². The van der Waals surface area contributed by atoms with E-state index >= 15 is 0 Å². The molecule has 0 aliphatic carbocycles. The van der Waals surface area contributed by atoms with Crippen LogP contribution in [0.2, 0.25) is 0 Å². The van der Waals surface area contributed by atoms with Crippen LogP contribution in [-0.2, 0) is 16.1 Å². The van der Waals surface area contributed by atoms with Crippen molar-refractivity contribution in [2.45, 2.75) is 31.6 Å². The van der Waals surface area contributed by atoms with E-state index in [-0.39, 0.29) is 18.2 Å². The van der Waals surface area contributed by atoms with Crippen LogP contribution < -0.4 is 24.3 Å². The van der Waals surface area contributed by atoms with Crippen LogP contribution >= 0.6 is 23.1 Å². The van der Waals surface area contributed by atoms with E-state index in [4.69, 9.17) is 23.9 Å². The van der Waals surface area contributed by atoms with E-state index < -0.39 is 11.9 Å². The molecule has 1 atom stereocenters. The number of thiazole rings is 1. The van der Waals surface area contributed by atoms with Crippen LogP contribution in [0.25, 0.3) is 11.3 Å². The average Bonchev–Trinajstić information content (AvgIpc) is 3.58. The number of amides is 2. The van der Waals surface area contributed by atoms with Gasteiger partial charge >= 0.3 is 0 Å². The summed E-state index contributed by atoms with van der Waals surface area (Å²) >= 11 is 2.62. The number of aromatic nitrogens is 3. The first-order valence-electron chi connectivity index (χ1n) is 15.2. The molecule has 2 amide bonds. The highest BCUT2D eigenvalue weighted by molar-refractivity contribution is 7.99. The number of thioether (sulfide) groups is 1. The number of hydrogen-bond acceptors (Lipinski definition) is 11. The molecule has 1 unspecified atom stereocenters. The van der Waals surface area contributed by atoms with Gasteiger partial charge in [0.15, 0.2) is 16.7 Å². The molecule has 0 aliphatic rings. The van der Waals surface area contributed by atoms with Gasteiger partial charge in [0.2, 0.25) is 11.7 Å². The fraction of sp³-hybridized carbons (Fsp3) is 0.250. The molecule has 0 radical (unpaired) electrons. The summed E-state index contributed by atoms with van der Waals surface area (Å²) in [4.78, 5) is 44.2. The second-order valence-electron chi connectivity index (χ2n) is 10.8. The zero-order valence-corrected chi connectivity index (χ0v) is 29.7. The molecule has 11 nitrogen and oxygen atoms in total. The molecule has 5 aromatic rings. The highest BCUT2D eigenvalue weighted by Crippen LogP contribution is 2.41. The molecule has 0 fully saturated rings. The van der Waals surface area contributed by atoms with Gasteiger partial charge in [0, 0.05) is 28.0 Å². The largest absolute Gasteiger partial charge is 0.497 e. The van der Waals surface area contributed by atoms with Crippen molar-refractivity contribution < 1.29 is 28.5 Å². The standard InChI is InChI=1S/C36H37N5O6S2/c1-22-16-23(2)38-36(37-22)49-21-32(42)41(19-31-40-28(20-48-31)24-10-8-7-9-11-24)33(35(43)39-26-12-14-27(44-3)15-13-26)25-17-29(45-4)34(47-6)30(18-25)46-5/h7-18,20,33H,19,21H2,1-6H3,(H,39,43). The van der Waals surface area contributed by atoms with E-state index in [0.29, 0.717) is 44.4 Å². The van der Waals surface area contributed by atoms with Crippen LogP contribution in [0.4, 0.5) is 5.69 Å². The number of nitrogens with zero attached hydrogens (tertiary/aromatic N) is 4. The number of ether oxygens (including phenoxy) is 4. The van der Waals surface area contributed by atoms with Gasteiger partial charge in [0.1, 0.15) is 16.8 Å². The summed E-state index contributed by atoms with van der Waals surface area (Å²) in [6.07, 6.45) is 0. The van der Waals surface area contributed by atoms with E-state index in [1.54, 1.807) is 43.5 Å². The van der Waals surface area contributed by atoms with Crippen molar-refractivity contribution in [1.82, 2.24) is 19.9 Å². The third kappa shape index (κ3) is 8.67. The minimum atomic E-state index is -1.15. The lowest BCUT2D eigenvalue weighted by atomic mass is 10.0. The summed E-state index contributed by atoms with van der Waals surface area (Å²) in [6, 6.07) is 20.8. The predicted octanol–water partition coefficient (Wildman–Crippen LogP) is 6.75. The molecule has 0 spiro atoms. The first-order chi connectivity index (χ1) is 23.7. The topological polar surface area (TPSA) is 125 Å². The molecule has 3 aromatic carbocycles. The second kappa shape index (κ2) is 16.3. The predicted molar refractivity (Wildman–Crippen MR) is 191 cm³/mol. The molecule has 0 bridgehead atoms. The highest BCUT2D eigenvalue weighted by Gasteiger charge is 2.34. The van der Waals surface area contributed by atoms with Crippen molar-refractivity contribution >= 4 is 40.6 Å². The number of rotatable bonds is 14. The van der Waals surface area contributed by atoms with Crippen LogP contribution in [0.15, 0.2) is 83.3 Å². The maximum absolute atomic E-state index is 14.5. The Labute approximate surface area is 293 Å². The van der Waals surface area contributed by atoms with Crippen LogP contribution in [0.1, 0.15) is 28.0 Å². The van der Waals surface area contributed by atoms with Gasteiger partial charge in [0.05, 0.1) is 46.4 Å². The first-order valence-corrected chi connectivity index (χ1v) is 17.1. The summed E-state index contributed by atoms with van der Waals surface area (Å²) in [5.74, 6) is 0.857. The van der Waals surface area contributed by atoms with Gasteiger partial charge in [-0.05, 0) is 61.9 Å². The molecule has 5 rings (SSSR count). The Morgan fingerprint density at radius 2 is 1.49 bits per heavy atom. The Bertz CT molecular complexity index is 1860. The lowest BCUT2D eigenvalue weighted by Gasteiger charge is -2.31. The van der Waals surface area contributed by atoms with Gasteiger partial charge in [0.25, 0.3) is 5.91 Å². The minimum Gasteiger partial charge on any atom is -0.497 e. The van der Waals surface area contributed by atoms with E-state index in [9.17, 15) is 9.59 Å². The molecule has 254 valence electrons. The fourth-order valence-electron chi connectivity index (χ4n) is 5.18. The van der Waals surface area contributed by atoms with Gasteiger partial charge in [-0.25, -0.2) is 15.0 Å². The SMILES string of the molecule is COc1ccc(NC(=O)C(c2cc(OC)c(OC)c(OC)c2)N(Cc2nc(-c3ccccc3)cs2)C(=O)CSc2nc(C)cc(C)n2)cc1. The monoisotopic (exact) mass is 699 g/mol. The number of nitrogens with one attached hydrogen (secondary N) is 1. The molecule has 0 saturated carbocycles. The third-order valence-corrected chi connectivity index (χ3v) is 9.12. The molecule has 0 saturated heterocycles. The normalized spacial score (nSPS) is 11.4. The molecule has 49 heavy (non-hydrogen) atoms. The van der Waals surface area contributed by atoms with Gasteiger partial charge in [-0.3, -0.25) is 9.59 Å². The van der Waals surface area contributed by atoms with E-state index in [1.807, 2.05) is 55.6 Å². The third-order valence-electron chi connectivity index (χ3n) is 7.45. The van der Waals surface area contributed by atoms with Gasteiger partial charge in [-0.1, -0.05) is 42.1 Å². The molecule has 2 aromatic heterocycles. The van der Waals surface area contributed by atoms with E-state index in [2.05, 4.69) is 15.3 Å². The van der Waals surface area contributed by atoms with E-state index in [1.165, 1.54) is 49.3 Å². The summed E-state index contributed by atoms with van der Waals surface area (Å²) in [5.41, 5.74) is 4.28. The minimum absolute atomic E-state index is 0.0312. The summed E-state index contributed by atoms with van der Waals surface area (Å²) in [6.45, 7) is 3.80. The number of carbonyl (C=O) groups is 2. The number of benzene rings is 3. The van der Waals surface area contributed by atoms with Crippen LogP contribution in [-0.4, -0.2) is 65.9 Å². The maximum atomic E-state index is 14.5. The molecule has 2 heterocycles. The maximum Gasteiger partial charge on any atom is 0.251 e. The summed E-state index contributed by atoms with van der Waals surface area (Å²) < 4.78 is 22.1. The van der Waals surface area contributed by atoms with Crippen molar-refractivity contribution in [2.24, 2.45) is 0 Å². The highest BCUT2D eigenvalue weighted by atomic mass is 32.2. The molecule has 0 aliphatic heterocycles. The van der Waals surface area contributed by atoms with Gasteiger partial charge < -0.3 is 29.2 Å². The lowest BCUT2D eigenvalue weighted by Crippen LogP contribution is -2.42. The smallest absolute Gasteiger partial charge is 0.251 e. The van der Waals surface area contributed by atoms with Crippen molar-refractivity contribution in [3.05, 3.63) is 100 Å². The van der Waals surface area contributed by atoms with Gasteiger partial charge in [-0.15, -0.1) is 11.3 Å². The molecular formula is C36H37N5O6S2. The molecule has 1 N–H and O–H groups in total. The fourth-order valence-corrected chi connectivity index (χ4v) is 6.82. The average molecular weight is 700 g/mol. The van der Waals surface area contributed by atoms with Crippen LogP contribution in [0, 0.1) is 13.8 Å². The summed E-state index contributed by atoms with van der Waals surface area (Å²) in [5, 5.41) is 6.05. The Hall–Kier alpha value is -5.14. The Kier molecular flexibility index (Phi) is 11.7. The van der Waals surface area contributed by atoms with Gasteiger partial charge in [-0.2, -0.15) is 0 Å². The second-order valence-corrected chi connectivity index (χ2v) is 12.7. The van der Waals surface area contributed by atoms with Crippen LogP contribution in [0.5, 0.6) is 23.0 Å². The zero-order chi connectivity index (χ0) is 34.9. The Morgan fingerprint density at radius 3 is 2.08 bits per heavy atom. The zero-order valence-electron chi connectivity index (χ0n) is 28.1. The molecular weight excluding hydrogens is 663 g/mol. The van der Waals surface area contributed by atoms with Crippen molar-refractivity contribution in [3.63, 3.8) is 0 Å². The first kappa shape index (κ1) is 35.2. The Morgan fingerprint density at radius 1 is 0.837 bits per heavy atom.